The van der Waals surface area contributed by atoms with Gasteiger partial charge in [0.1, 0.15) is 30.8 Å². The second-order valence-electron chi connectivity index (χ2n) is 7.69. The first-order valence-corrected chi connectivity index (χ1v) is 10.3. The largest absolute Gasteiger partial charge is 0.492 e. The fraction of sp³-hybridized carbons (Fsp3) is 0.280. The van der Waals surface area contributed by atoms with Crippen LogP contribution < -0.4 is 9.47 Å². The van der Waals surface area contributed by atoms with E-state index in [2.05, 4.69) is 22.0 Å². The van der Waals surface area contributed by atoms with E-state index < -0.39 is 6.10 Å². The van der Waals surface area contributed by atoms with Crippen molar-refractivity contribution in [2.45, 2.75) is 13.0 Å². The summed E-state index contributed by atoms with van der Waals surface area (Å²) in [6.07, 6.45) is -0.589. The molecular weight excluding hydrogens is 376 g/mol. The zero-order valence-electron chi connectivity index (χ0n) is 17.5. The van der Waals surface area contributed by atoms with E-state index in [9.17, 15) is 5.11 Å². The number of aryl methyl sites for hydroxylation is 1. The Hall–Kier alpha value is -3.02. The first-order chi connectivity index (χ1) is 14.6. The van der Waals surface area contributed by atoms with Crippen LogP contribution in [0, 0.1) is 6.92 Å². The minimum Gasteiger partial charge on any atom is -0.492 e. The van der Waals surface area contributed by atoms with E-state index in [1.54, 1.807) is 0 Å². The lowest BCUT2D eigenvalue weighted by molar-refractivity contribution is 0.0728. The van der Waals surface area contributed by atoms with Crippen LogP contribution >= 0.6 is 0 Å². The van der Waals surface area contributed by atoms with Gasteiger partial charge >= 0.3 is 0 Å². The summed E-state index contributed by atoms with van der Waals surface area (Å²) in [5, 5.41) is 12.6. The molecule has 1 atom stereocenters. The number of hydrogen-bond acceptors (Lipinski definition) is 4. The van der Waals surface area contributed by atoms with Crippen molar-refractivity contribution < 1.29 is 14.6 Å². The minimum atomic E-state index is -0.589. The van der Waals surface area contributed by atoms with Crippen LogP contribution in [0.4, 0.5) is 0 Å². The van der Waals surface area contributed by atoms with Crippen molar-refractivity contribution in [1.29, 1.82) is 0 Å². The lowest BCUT2D eigenvalue weighted by atomic mass is 10.1. The molecule has 1 aromatic heterocycles. The molecule has 30 heavy (non-hydrogen) atoms. The van der Waals surface area contributed by atoms with Gasteiger partial charge < -0.3 is 24.5 Å². The monoisotopic (exact) mass is 404 g/mol. The van der Waals surface area contributed by atoms with Crippen molar-refractivity contribution in [2.75, 3.05) is 33.4 Å². The standard InChI is InChI=1S/C25H28N2O3/c1-18-8-3-6-12-23(18)29-15-14-27(2)16-19(28)17-30-24-13-7-11-22-25(24)20-9-4-5-10-21(20)26-22/h3-13,19,26,28H,14-17H2,1-2H3. The summed E-state index contributed by atoms with van der Waals surface area (Å²) in [6, 6.07) is 22.1. The number of para-hydroxylation sites is 2. The van der Waals surface area contributed by atoms with Crippen LogP contribution in [0.2, 0.25) is 0 Å². The number of aliphatic hydroxyl groups excluding tert-OH is 1. The van der Waals surface area contributed by atoms with Gasteiger partial charge in [-0.15, -0.1) is 0 Å². The molecule has 0 fully saturated rings. The quantitative estimate of drug-likeness (QED) is 0.435. The molecule has 4 rings (SSSR count). The molecular formula is C25H28N2O3. The van der Waals surface area contributed by atoms with Gasteiger partial charge in [-0.3, -0.25) is 0 Å². The van der Waals surface area contributed by atoms with Crippen molar-refractivity contribution >= 4 is 21.8 Å². The van der Waals surface area contributed by atoms with E-state index in [0.29, 0.717) is 13.2 Å². The number of ether oxygens (including phenoxy) is 2. The van der Waals surface area contributed by atoms with E-state index in [1.807, 2.05) is 68.6 Å². The maximum Gasteiger partial charge on any atom is 0.129 e. The van der Waals surface area contributed by atoms with E-state index in [4.69, 9.17) is 9.47 Å². The number of nitrogens with one attached hydrogen (secondary N) is 1. The fourth-order valence-corrected chi connectivity index (χ4v) is 3.71. The van der Waals surface area contributed by atoms with Gasteiger partial charge in [0.2, 0.25) is 0 Å². The molecule has 4 aromatic rings. The summed E-state index contributed by atoms with van der Waals surface area (Å²) in [5.41, 5.74) is 3.24. The fourth-order valence-electron chi connectivity index (χ4n) is 3.71. The number of aromatic nitrogens is 1. The predicted molar refractivity (Wildman–Crippen MR) is 121 cm³/mol. The van der Waals surface area contributed by atoms with Gasteiger partial charge in [0, 0.05) is 29.4 Å². The van der Waals surface area contributed by atoms with Crippen molar-refractivity contribution in [3.63, 3.8) is 0 Å². The third kappa shape index (κ3) is 4.58. The number of benzene rings is 3. The number of hydrogen-bond donors (Lipinski definition) is 2. The van der Waals surface area contributed by atoms with Gasteiger partial charge in [-0.05, 0) is 43.8 Å². The van der Waals surface area contributed by atoms with E-state index in [0.717, 1.165) is 45.4 Å². The summed E-state index contributed by atoms with van der Waals surface area (Å²) < 4.78 is 11.9. The summed E-state index contributed by atoms with van der Waals surface area (Å²) >= 11 is 0. The summed E-state index contributed by atoms with van der Waals surface area (Å²) in [7, 11) is 1.98. The van der Waals surface area contributed by atoms with Crippen LogP contribution in [0.1, 0.15) is 5.56 Å². The van der Waals surface area contributed by atoms with Gasteiger partial charge in [-0.1, -0.05) is 42.5 Å². The third-order valence-electron chi connectivity index (χ3n) is 5.27. The van der Waals surface area contributed by atoms with E-state index >= 15 is 0 Å². The molecule has 156 valence electrons. The second-order valence-corrected chi connectivity index (χ2v) is 7.69. The van der Waals surface area contributed by atoms with Gasteiger partial charge in [0.15, 0.2) is 0 Å². The Morgan fingerprint density at radius 2 is 1.63 bits per heavy atom. The number of H-pyrrole nitrogens is 1. The van der Waals surface area contributed by atoms with Gasteiger partial charge in [0.05, 0.1) is 5.52 Å². The molecule has 5 heteroatoms. The normalized spacial score (nSPS) is 12.5. The van der Waals surface area contributed by atoms with Gasteiger partial charge in [-0.2, -0.15) is 0 Å². The first-order valence-electron chi connectivity index (χ1n) is 10.3. The number of likely N-dealkylation sites (N-methyl/N-ethyl adjacent to an activating group) is 1. The molecule has 2 N–H and O–H groups in total. The Morgan fingerprint density at radius 3 is 2.50 bits per heavy atom. The second kappa shape index (κ2) is 9.20. The Kier molecular flexibility index (Phi) is 6.21. The van der Waals surface area contributed by atoms with Crippen LogP contribution in [0.3, 0.4) is 0 Å². The predicted octanol–water partition coefficient (Wildman–Crippen LogP) is 4.38. The van der Waals surface area contributed by atoms with Crippen LogP contribution in [-0.4, -0.2) is 54.4 Å². The minimum absolute atomic E-state index is 0.238. The highest BCUT2D eigenvalue weighted by molar-refractivity contribution is 6.10. The molecule has 0 saturated carbocycles. The summed E-state index contributed by atoms with van der Waals surface area (Å²) in [6.45, 7) is 4.09. The lowest BCUT2D eigenvalue weighted by Gasteiger charge is -2.21. The van der Waals surface area contributed by atoms with Crippen LogP contribution in [-0.2, 0) is 0 Å². The van der Waals surface area contributed by atoms with Crippen LogP contribution in [0.25, 0.3) is 21.8 Å². The number of rotatable bonds is 9. The Labute approximate surface area is 176 Å². The molecule has 0 saturated heterocycles. The average molecular weight is 405 g/mol. The van der Waals surface area contributed by atoms with E-state index in [-0.39, 0.29) is 6.61 Å². The maximum absolute atomic E-state index is 10.5. The Balaban J connectivity index is 1.30. The number of aromatic amines is 1. The molecule has 3 aromatic carbocycles. The Morgan fingerprint density at radius 1 is 0.900 bits per heavy atom. The molecule has 0 amide bonds. The maximum atomic E-state index is 10.5. The molecule has 0 bridgehead atoms. The molecule has 5 nitrogen and oxygen atoms in total. The smallest absolute Gasteiger partial charge is 0.129 e. The molecule has 1 unspecified atom stereocenters. The number of fused-ring (bicyclic) bond motifs is 3. The summed E-state index contributed by atoms with van der Waals surface area (Å²) in [4.78, 5) is 5.47. The molecule has 1 heterocycles. The highest BCUT2D eigenvalue weighted by atomic mass is 16.5. The molecule has 0 aliphatic rings. The molecule has 0 radical (unpaired) electrons. The lowest BCUT2D eigenvalue weighted by Crippen LogP contribution is -2.35. The van der Waals surface area contributed by atoms with Gasteiger partial charge in [-0.25, -0.2) is 0 Å². The molecule has 0 spiro atoms. The van der Waals surface area contributed by atoms with Gasteiger partial charge in [0.25, 0.3) is 0 Å². The third-order valence-corrected chi connectivity index (χ3v) is 5.27. The number of aliphatic hydroxyl groups is 1. The molecule has 0 aliphatic carbocycles. The zero-order valence-corrected chi connectivity index (χ0v) is 17.5. The highest BCUT2D eigenvalue weighted by Crippen LogP contribution is 2.32. The average Bonchev–Trinajstić information content (AvgIpc) is 3.13. The van der Waals surface area contributed by atoms with Crippen molar-refractivity contribution in [2.24, 2.45) is 0 Å². The molecule has 0 aliphatic heterocycles. The van der Waals surface area contributed by atoms with Crippen molar-refractivity contribution in [1.82, 2.24) is 9.88 Å². The highest BCUT2D eigenvalue weighted by Gasteiger charge is 2.13. The Bertz CT molecular complexity index is 1120. The number of nitrogens with zero attached hydrogens (tertiary/aromatic N) is 1. The SMILES string of the molecule is Cc1ccccc1OCCN(C)CC(O)COc1cccc2[nH]c3ccccc3c12. The summed E-state index contributed by atoms with van der Waals surface area (Å²) in [5.74, 6) is 1.69. The van der Waals surface area contributed by atoms with Crippen LogP contribution in [0.5, 0.6) is 11.5 Å². The topological polar surface area (TPSA) is 57.7 Å². The first kappa shape index (κ1) is 20.3. The van der Waals surface area contributed by atoms with Crippen molar-refractivity contribution in [3.8, 4) is 11.5 Å². The van der Waals surface area contributed by atoms with E-state index in [1.165, 1.54) is 0 Å². The van der Waals surface area contributed by atoms with Crippen molar-refractivity contribution in [3.05, 3.63) is 72.3 Å². The van der Waals surface area contributed by atoms with Crippen LogP contribution in [0.15, 0.2) is 66.7 Å². The zero-order chi connectivity index (χ0) is 20.9.